The van der Waals surface area contributed by atoms with E-state index in [1.54, 1.807) is 0 Å². The van der Waals surface area contributed by atoms with Gasteiger partial charge in [-0.05, 0) is 43.4 Å². The van der Waals surface area contributed by atoms with E-state index in [1.807, 2.05) is 6.20 Å². The third-order valence-electron chi connectivity index (χ3n) is 4.27. The van der Waals surface area contributed by atoms with Crippen LogP contribution in [-0.4, -0.2) is 30.7 Å². The summed E-state index contributed by atoms with van der Waals surface area (Å²) in [5, 5.41) is 4.19. The average molecular weight is 266 g/mol. The van der Waals surface area contributed by atoms with Gasteiger partial charge in [0.25, 0.3) is 0 Å². The lowest BCUT2D eigenvalue weighted by Crippen LogP contribution is -2.56. The Labute approximate surface area is 114 Å². The second-order valence-electron chi connectivity index (χ2n) is 5.36. The number of pyridine rings is 1. The maximum atomic E-state index is 6.09. The molecule has 3 nitrogen and oxygen atoms in total. The molecule has 98 valence electrons. The van der Waals surface area contributed by atoms with Gasteiger partial charge in [0.1, 0.15) is 5.15 Å². The van der Waals surface area contributed by atoms with Crippen molar-refractivity contribution >= 4 is 17.3 Å². The topological polar surface area (TPSA) is 28.2 Å². The normalized spacial score (nSPS) is 27.3. The van der Waals surface area contributed by atoms with Crippen molar-refractivity contribution in [3.8, 4) is 0 Å². The van der Waals surface area contributed by atoms with Crippen molar-refractivity contribution < 1.29 is 0 Å². The molecule has 0 bridgehead atoms. The highest BCUT2D eigenvalue weighted by Gasteiger charge is 2.33. The molecule has 0 radical (unpaired) electrons. The molecule has 2 fully saturated rings. The van der Waals surface area contributed by atoms with Gasteiger partial charge in [-0.15, -0.1) is 0 Å². The third kappa shape index (κ3) is 2.21. The number of hydrogen-bond acceptors (Lipinski definition) is 3. The van der Waals surface area contributed by atoms with Crippen LogP contribution in [0.25, 0.3) is 0 Å². The van der Waals surface area contributed by atoms with Gasteiger partial charge in [-0.2, -0.15) is 0 Å². The van der Waals surface area contributed by atoms with Gasteiger partial charge < -0.3 is 10.2 Å². The van der Waals surface area contributed by atoms with Crippen molar-refractivity contribution in [2.24, 2.45) is 5.92 Å². The van der Waals surface area contributed by atoms with Crippen LogP contribution in [0.5, 0.6) is 0 Å². The van der Waals surface area contributed by atoms with Crippen molar-refractivity contribution in [1.29, 1.82) is 0 Å². The summed E-state index contributed by atoms with van der Waals surface area (Å²) in [7, 11) is 0. The van der Waals surface area contributed by atoms with E-state index in [2.05, 4.69) is 28.2 Å². The van der Waals surface area contributed by atoms with E-state index < -0.39 is 0 Å². The van der Waals surface area contributed by atoms with E-state index in [1.165, 1.54) is 25.1 Å². The molecular weight excluding hydrogens is 246 g/mol. The first-order valence-electron chi connectivity index (χ1n) is 6.90. The molecule has 1 aromatic heterocycles. The van der Waals surface area contributed by atoms with Crippen LogP contribution in [0.3, 0.4) is 0 Å². The standard InChI is InChI=1S/C14H20ClN3/c1-2-10-6-12(8-17-14(10)15)18-5-3-4-11-7-16-13(11)9-18/h6,8,11,13,16H,2-5,7,9H2,1H3. The van der Waals surface area contributed by atoms with Crippen LogP contribution in [0.4, 0.5) is 5.69 Å². The summed E-state index contributed by atoms with van der Waals surface area (Å²) in [4.78, 5) is 6.78. The minimum atomic E-state index is 0.649. The number of fused-ring (bicyclic) bond motifs is 1. The van der Waals surface area contributed by atoms with E-state index in [0.29, 0.717) is 11.2 Å². The van der Waals surface area contributed by atoms with E-state index in [9.17, 15) is 0 Å². The molecule has 0 amide bonds. The first-order valence-corrected chi connectivity index (χ1v) is 7.28. The fourth-order valence-electron chi connectivity index (χ4n) is 2.98. The van der Waals surface area contributed by atoms with Crippen molar-refractivity contribution in [3.63, 3.8) is 0 Å². The molecule has 1 aromatic rings. The van der Waals surface area contributed by atoms with E-state index in [4.69, 9.17) is 11.6 Å². The summed E-state index contributed by atoms with van der Waals surface area (Å²) in [6.45, 7) is 5.58. The molecule has 2 saturated heterocycles. The number of hydrogen-bond donors (Lipinski definition) is 1. The van der Waals surface area contributed by atoms with Gasteiger partial charge in [0.05, 0.1) is 11.9 Å². The lowest BCUT2D eigenvalue weighted by Gasteiger charge is -2.38. The quantitative estimate of drug-likeness (QED) is 0.833. The van der Waals surface area contributed by atoms with Gasteiger partial charge >= 0.3 is 0 Å². The maximum absolute atomic E-state index is 6.09. The van der Waals surface area contributed by atoms with Gasteiger partial charge in [-0.3, -0.25) is 0 Å². The lowest BCUT2D eigenvalue weighted by atomic mass is 9.89. The van der Waals surface area contributed by atoms with Gasteiger partial charge in [-0.1, -0.05) is 18.5 Å². The van der Waals surface area contributed by atoms with Crippen molar-refractivity contribution in [1.82, 2.24) is 10.3 Å². The van der Waals surface area contributed by atoms with E-state index in [0.717, 1.165) is 31.0 Å². The fraction of sp³-hybridized carbons (Fsp3) is 0.643. The number of nitrogens with one attached hydrogen (secondary N) is 1. The van der Waals surface area contributed by atoms with Crippen LogP contribution >= 0.6 is 11.6 Å². The Morgan fingerprint density at radius 3 is 3.17 bits per heavy atom. The molecule has 0 aromatic carbocycles. The molecule has 0 saturated carbocycles. The Morgan fingerprint density at radius 1 is 1.56 bits per heavy atom. The van der Waals surface area contributed by atoms with Crippen molar-refractivity contribution in [2.75, 3.05) is 24.5 Å². The Hall–Kier alpha value is -0.800. The molecular formula is C14H20ClN3. The monoisotopic (exact) mass is 265 g/mol. The predicted molar refractivity (Wildman–Crippen MR) is 75.4 cm³/mol. The second kappa shape index (κ2) is 5.06. The smallest absolute Gasteiger partial charge is 0.132 e. The molecule has 1 N–H and O–H groups in total. The van der Waals surface area contributed by atoms with Crippen molar-refractivity contribution in [2.45, 2.75) is 32.2 Å². The SMILES string of the molecule is CCc1cc(N2CCCC3CNC3C2)cnc1Cl. The zero-order chi connectivity index (χ0) is 12.5. The molecule has 18 heavy (non-hydrogen) atoms. The molecule has 2 atom stereocenters. The Kier molecular flexibility index (Phi) is 3.44. The number of aryl methyl sites for hydroxylation is 1. The largest absolute Gasteiger partial charge is 0.369 e. The summed E-state index contributed by atoms with van der Waals surface area (Å²) in [5.41, 5.74) is 2.38. The lowest BCUT2D eigenvalue weighted by molar-refractivity contribution is 0.234. The second-order valence-corrected chi connectivity index (χ2v) is 5.72. The van der Waals surface area contributed by atoms with E-state index in [-0.39, 0.29) is 0 Å². The molecule has 0 spiro atoms. The van der Waals surface area contributed by atoms with Crippen LogP contribution in [0.1, 0.15) is 25.3 Å². The first kappa shape index (κ1) is 12.2. The highest BCUT2D eigenvalue weighted by molar-refractivity contribution is 6.30. The number of halogens is 1. The highest BCUT2D eigenvalue weighted by Crippen LogP contribution is 2.28. The van der Waals surface area contributed by atoms with Crippen LogP contribution < -0.4 is 10.2 Å². The zero-order valence-corrected chi connectivity index (χ0v) is 11.6. The zero-order valence-electron chi connectivity index (χ0n) is 10.8. The average Bonchev–Trinajstić information content (AvgIpc) is 2.50. The first-order chi connectivity index (χ1) is 8.78. The molecule has 4 heteroatoms. The van der Waals surface area contributed by atoms with Gasteiger partial charge in [-0.25, -0.2) is 4.98 Å². The predicted octanol–water partition coefficient (Wildman–Crippen LogP) is 2.49. The third-order valence-corrected chi connectivity index (χ3v) is 4.61. The van der Waals surface area contributed by atoms with Crippen LogP contribution in [0, 0.1) is 5.92 Å². The highest BCUT2D eigenvalue weighted by atomic mass is 35.5. The van der Waals surface area contributed by atoms with Crippen LogP contribution in [-0.2, 0) is 6.42 Å². The summed E-state index contributed by atoms with van der Waals surface area (Å²) in [5.74, 6) is 0.890. The Morgan fingerprint density at radius 2 is 2.44 bits per heavy atom. The van der Waals surface area contributed by atoms with Gasteiger partial charge in [0.2, 0.25) is 0 Å². The summed E-state index contributed by atoms with van der Waals surface area (Å²) < 4.78 is 0. The molecule has 2 aliphatic heterocycles. The molecule has 2 unspecified atom stereocenters. The Balaban J connectivity index is 1.80. The maximum Gasteiger partial charge on any atom is 0.132 e. The number of nitrogens with zero attached hydrogens (tertiary/aromatic N) is 2. The number of aromatic nitrogens is 1. The van der Waals surface area contributed by atoms with Crippen molar-refractivity contribution in [3.05, 3.63) is 23.0 Å². The fourth-order valence-corrected chi connectivity index (χ4v) is 3.21. The summed E-state index contributed by atoms with van der Waals surface area (Å²) in [6.07, 6.45) is 5.50. The van der Waals surface area contributed by atoms with Gasteiger partial charge in [0.15, 0.2) is 0 Å². The number of anilines is 1. The molecule has 0 aliphatic carbocycles. The summed E-state index contributed by atoms with van der Waals surface area (Å²) >= 11 is 6.09. The number of rotatable bonds is 2. The summed E-state index contributed by atoms with van der Waals surface area (Å²) in [6, 6.07) is 2.88. The Bertz CT molecular complexity index is 435. The minimum Gasteiger partial charge on any atom is -0.369 e. The van der Waals surface area contributed by atoms with Crippen LogP contribution in [0.2, 0.25) is 5.15 Å². The van der Waals surface area contributed by atoms with E-state index >= 15 is 0 Å². The molecule has 2 aliphatic rings. The molecule has 3 rings (SSSR count). The van der Waals surface area contributed by atoms with Crippen LogP contribution in [0.15, 0.2) is 12.3 Å². The molecule has 3 heterocycles. The van der Waals surface area contributed by atoms with Gasteiger partial charge in [0, 0.05) is 19.1 Å². The minimum absolute atomic E-state index is 0.649.